The minimum absolute atomic E-state index is 0.0516. The number of nitrogens with zero attached hydrogens (tertiary/aromatic N) is 2. The highest BCUT2D eigenvalue weighted by Crippen LogP contribution is 2.27. The lowest BCUT2D eigenvalue weighted by Gasteiger charge is -2.14. The molecule has 0 aliphatic carbocycles. The van der Waals surface area contributed by atoms with Crippen LogP contribution in [-0.2, 0) is 21.0 Å². The number of amides is 1. The van der Waals surface area contributed by atoms with Crippen LogP contribution in [0.3, 0.4) is 0 Å². The second-order valence-corrected chi connectivity index (χ2v) is 10.8. The van der Waals surface area contributed by atoms with Crippen LogP contribution >= 0.6 is 0 Å². The smallest absolute Gasteiger partial charge is 0.256 e. The number of carbonyl (C=O) groups excluding carboxylic acids is 1. The standard InChI is InChI=1S/C23H27N3O3S/c1-16-7-6-8-19(13-16)26-21(14-20(25-26)23(2,3)4)24-22(27)18-11-9-17(10-12-18)15-30(5,28)29/h6-14H,15H2,1-5H3,(H,24,27). The van der Waals surface area contributed by atoms with Crippen molar-refractivity contribution in [2.45, 2.75) is 38.9 Å². The van der Waals surface area contributed by atoms with E-state index in [9.17, 15) is 13.2 Å². The Kier molecular flexibility index (Phi) is 5.85. The Morgan fingerprint density at radius 3 is 2.30 bits per heavy atom. The normalized spacial score (nSPS) is 12.0. The van der Waals surface area contributed by atoms with Gasteiger partial charge in [-0.25, -0.2) is 13.1 Å². The summed E-state index contributed by atoms with van der Waals surface area (Å²) >= 11 is 0. The first-order chi connectivity index (χ1) is 13.9. The van der Waals surface area contributed by atoms with Crippen molar-refractivity contribution >= 4 is 21.6 Å². The second-order valence-electron chi connectivity index (χ2n) is 8.64. The summed E-state index contributed by atoms with van der Waals surface area (Å²) in [5.74, 6) is 0.246. The Morgan fingerprint density at radius 1 is 1.07 bits per heavy atom. The summed E-state index contributed by atoms with van der Waals surface area (Å²) in [7, 11) is -3.12. The summed E-state index contributed by atoms with van der Waals surface area (Å²) in [6.45, 7) is 8.22. The first kappa shape index (κ1) is 21.8. The molecule has 1 N–H and O–H groups in total. The summed E-state index contributed by atoms with van der Waals surface area (Å²) in [4.78, 5) is 12.8. The maximum Gasteiger partial charge on any atom is 0.256 e. The zero-order valence-corrected chi connectivity index (χ0v) is 18.7. The van der Waals surface area contributed by atoms with E-state index in [4.69, 9.17) is 5.10 Å². The van der Waals surface area contributed by atoms with Gasteiger partial charge in [-0.15, -0.1) is 0 Å². The van der Waals surface area contributed by atoms with Gasteiger partial charge in [0, 0.05) is 23.3 Å². The molecule has 1 aromatic heterocycles. The summed E-state index contributed by atoms with van der Waals surface area (Å²) in [5.41, 5.74) is 3.74. The third kappa shape index (κ3) is 5.36. The molecule has 0 unspecified atom stereocenters. The lowest BCUT2D eigenvalue weighted by atomic mass is 9.92. The van der Waals surface area contributed by atoms with Gasteiger partial charge in [-0.3, -0.25) is 4.79 Å². The van der Waals surface area contributed by atoms with Crippen molar-refractivity contribution in [1.29, 1.82) is 0 Å². The highest BCUT2D eigenvalue weighted by atomic mass is 32.2. The van der Waals surface area contributed by atoms with Gasteiger partial charge in [-0.2, -0.15) is 5.10 Å². The molecule has 0 saturated heterocycles. The van der Waals surface area contributed by atoms with E-state index in [1.54, 1.807) is 28.9 Å². The predicted octanol–water partition coefficient (Wildman–Crippen LogP) is 4.28. The Bertz CT molecular complexity index is 1170. The van der Waals surface area contributed by atoms with Crippen LogP contribution in [-0.4, -0.2) is 30.4 Å². The maximum absolute atomic E-state index is 12.8. The Balaban J connectivity index is 1.91. The average molecular weight is 426 g/mol. The molecule has 0 bridgehead atoms. The van der Waals surface area contributed by atoms with E-state index in [2.05, 4.69) is 26.1 Å². The minimum Gasteiger partial charge on any atom is -0.306 e. The van der Waals surface area contributed by atoms with Crippen molar-refractivity contribution in [3.8, 4) is 5.69 Å². The van der Waals surface area contributed by atoms with Gasteiger partial charge in [0.15, 0.2) is 9.84 Å². The van der Waals surface area contributed by atoms with Gasteiger partial charge in [0.05, 0.1) is 17.1 Å². The number of nitrogens with one attached hydrogen (secondary N) is 1. The number of hydrogen-bond donors (Lipinski definition) is 1. The van der Waals surface area contributed by atoms with Crippen LogP contribution in [0.25, 0.3) is 5.69 Å². The van der Waals surface area contributed by atoms with Crippen molar-refractivity contribution < 1.29 is 13.2 Å². The molecular formula is C23H27N3O3S. The zero-order valence-electron chi connectivity index (χ0n) is 17.9. The van der Waals surface area contributed by atoms with E-state index in [1.807, 2.05) is 37.3 Å². The quantitative estimate of drug-likeness (QED) is 0.662. The predicted molar refractivity (Wildman–Crippen MR) is 120 cm³/mol. The number of anilines is 1. The monoisotopic (exact) mass is 425 g/mol. The molecule has 1 amide bonds. The Morgan fingerprint density at radius 2 is 1.73 bits per heavy atom. The van der Waals surface area contributed by atoms with Crippen molar-refractivity contribution in [2.75, 3.05) is 11.6 Å². The topological polar surface area (TPSA) is 81.1 Å². The van der Waals surface area contributed by atoms with Crippen molar-refractivity contribution in [1.82, 2.24) is 9.78 Å². The molecule has 6 nitrogen and oxygen atoms in total. The minimum atomic E-state index is -3.12. The van der Waals surface area contributed by atoms with E-state index in [0.29, 0.717) is 16.9 Å². The lowest BCUT2D eigenvalue weighted by molar-refractivity contribution is 0.102. The molecule has 158 valence electrons. The number of aromatic nitrogens is 2. The molecule has 7 heteroatoms. The SMILES string of the molecule is Cc1cccc(-n2nc(C(C)(C)C)cc2NC(=O)c2ccc(CS(C)(=O)=O)cc2)c1. The lowest BCUT2D eigenvalue weighted by Crippen LogP contribution is -2.15. The second kappa shape index (κ2) is 8.07. The zero-order chi connectivity index (χ0) is 22.1. The van der Waals surface area contributed by atoms with Gasteiger partial charge >= 0.3 is 0 Å². The van der Waals surface area contributed by atoms with E-state index in [-0.39, 0.29) is 17.1 Å². The van der Waals surface area contributed by atoms with E-state index >= 15 is 0 Å². The molecule has 0 radical (unpaired) electrons. The number of aryl methyl sites for hydroxylation is 1. The number of benzene rings is 2. The van der Waals surface area contributed by atoms with Crippen LogP contribution in [0.2, 0.25) is 0 Å². The molecule has 0 fully saturated rings. The molecule has 0 saturated carbocycles. The van der Waals surface area contributed by atoms with Crippen LogP contribution in [0, 0.1) is 6.92 Å². The van der Waals surface area contributed by atoms with Crippen LogP contribution in [0.5, 0.6) is 0 Å². The van der Waals surface area contributed by atoms with Gasteiger partial charge < -0.3 is 5.32 Å². The largest absolute Gasteiger partial charge is 0.306 e. The summed E-state index contributed by atoms with van der Waals surface area (Å²) < 4.78 is 24.6. The molecule has 3 rings (SSSR count). The molecule has 0 spiro atoms. The highest BCUT2D eigenvalue weighted by molar-refractivity contribution is 7.89. The van der Waals surface area contributed by atoms with Crippen LogP contribution < -0.4 is 5.32 Å². The third-order valence-corrected chi connectivity index (χ3v) is 5.47. The van der Waals surface area contributed by atoms with Crippen LogP contribution in [0.15, 0.2) is 54.6 Å². The number of sulfone groups is 1. The van der Waals surface area contributed by atoms with Gasteiger partial charge in [0.1, 0.15) is 5.82 Å². The summed E-state index contributed by atoms with van der Waals surface area (Å²) in [6, 6.07) is 16.4. The number of hydrogen-bond acceptors (Lipinski definition) is 4. The van der Waals surface area contributed by atoms with Gasteiger partial charge in [0.25, 0.3) is 5.91 Å². The maximum atomic E-state index is 12.8. The fraction of sp³-hybridized carbons (Fsp3) is 0.304. The third-order valence-electron chi connectivity index (χ3n) is 4.61. The number of rotatable bonds is 5. The van der Waals surface area contributed by atoms with E-state index in [1.165, 1.54) is 6.26 Å². The molecule has 30 heavy (non-hydrogen) atoms. The van der Waals surface area contributed by atoms with Crippen LogP contribution in [0.4, 0.5) is 5.82 Å². The van der Waals surface area contributed by atoms with Crippen LogP contribution in [0.1, 0.15) is 48.0 Å². The average Bonchev–Trinajstić information content (AvgIpc) is 3.05. The van der Waals surface area contributed by atoms with Crippen molar-refractivity contribution in [3.63, 3.8) is 0 Å². The Labute approximate surface area is 177 Å². The molecule has 0 atom stereocenters. The molecule has 1 heterocycles. The molecule has 0 aliphatic rings. The first-order valence-corrected chi connectivity index (χ1v) is 11.7. The van der Waals surface area contributed by atoms with Gasteiger partial charge in [-0.1, -0.05) is 45.0 Å². The first-order valence-electron chi connectivity index (χ1n) is 9.68. The van der Waals surface area contributed by atoms with Crippen molar-refractivity contribution in [2.24, 2.45) is 0 Å². The van der Waals surface area contributed by atoms with E-state index < -0.39 is 9.84 Å². The fourth-order valence-electron chi connectivity index (χ4n) is 3.04. The van der Waals surface area contributed by atoms with E-state index in [0.717, 1.165) is 16.9 Å². The molecule has 3 aromatic rings. The molecule has 0 aliphatic heterocycles. The summed E-state index contributed by atoms with van der Waals surface area (Å²) in [5, 5.41) is 7.68. The van der Waals surface area contributed by atoms with Crippen molar-refractivity contribution in [3.05, 3.63) is 77.0 Å². The number of carbonyl (C=O) groups is 1. The van der Waals surface area contributed by atoms with Gasteiger partial charge in [0.2, 0.25) is 0 Å². The van der Waals surface area contributed by atoms with Gasteiger partial charge in [-0.05, 0) is 42.3 Å². The highest BCUT2D eigenvalue weighted by Gasteiger charge is 2.22. The Hall–Kier alpha value is -2.93. The molecular weight excluding hydrogens is 398 g/mol. The summed E-state index contributed by atoms with van der Waals surface area (Å²) in [6.07, 6.45) is 1.19. The fourth-order valence-corrected chi connectivity index (χ4v) is 3.83. The molecule has 2 aromatic carbocycles.